The van der Waals surface area contributed by atoms with Gasteiger partial charge in [-0.05, 0) is 130 Å². The van der Waals surface area contributed by atoms with E-state index in [1.165, 1.54) is 143 Å². The quantitative estimate of drug-likeness (QED) is 0.0242. The average molecular weight is 1260 g/mol. The van der Waals surface area contributed by atoms with Gasteiger partial charge in [-0.15, -0.1) is 0 Å². The first-order valence-electron chi connectivity index (χ1n) is 26.9. The van der Waals surface area contributed by atoms with Gasteiger partial charge in [0.25, 0.3) is 0 Å². The van der Waals surface area contributed by atoms with Crippen molar-refractivity contribution in [2.45, 2.75) is 193 Å². The normalized spacial score (nSPS) is 11.3. The third-order valence-corrected chi connectivity index (χ3v) is 20.0. The van der Waals surface area contributed by atoms with E-state index < -0.39 is 24.8 Å². The van der Waals surface area contributed by atoms with E-state index in [2.05, 4.69) is 125 Å². The van der Waals surface area contributed by atoms with E-state index in [0.717, 1.165) is 75.1 Å². The lowest BCUT2D eigenvalue weighted by atomic mass is 10.1. The predicted octanol–water partition coefficient (Wildman–Crippen LogP) is 9.01. The summed E-state index contributed by atoms with van der Waals surface area (Å²) in [6.07, 6.45) is 31.2. The number of rotatable bonds is 38. The van der Waals surface area contributed by atoms with E-state index in [0.29, 0.717) is 6.92 Å². The van der Waals surface area contributed by atoms with E-state index in [1.807, 2.05) is 0 Å². The summed E-state index contributed by atoms with van der Waals surface area (Å²) in [6, 6.07) is 34.9. The van der Waals surface area contributed by atoms with Gasteiger partial charge < -0.3 is 28.1 Å². The van der Waals surface area contributed by atoms with Crippen LogP contribution in [-0.4, -0.2) is 57.0 Å². The summed E-state index contributed by atoms with van der Waals surface area (Å²) in [6.45, 7) is 12.9. The second kappa shape index (κ2) is 41.6. The Hall–Kier alpha value is -2.64. The van der Waals surface area contributed by atoms with Crippen LogP contribution >= 0.6 is 0 Å². The highest BCUT2D eigenvalue weighted by Gasteiger charge is 2.18. The van der Waals surface area contributed by atoms with E-state index in [-0.39, 0.29) is 42.4 Å². The molecule has 0 saturated carbocycles. The lowest BCUT2D eigenvalue weighted by Gasteiger charge is -2.18. The molecule has 0 aliphatic carbocycles. The van der Waals surface area contributed by atoms with Crippen LogP contribution < -0.4 is 61.4 Å². The highest BCUT2D eigenvalue weighted by atomic mass is 127. The van der Waals surface area contributed by atoms with Crippen molar-refractivity contribution >= 4 is 20.2 Å². The van der Waals surface area contributed by atoms with Crippen molar-refractivity contribution < 1.29 is 87.3 Å². The van der Waals surface area contributed by atoms with Crippen molar-refractivity contribution in [1.82, 2.24) is 0 Å². The zero-order chi connectivity index (χ0) is 52.6. The van der Waals surface area contributed by atoms with Crippen molar-refractivity contribution in [3.8, 4) is 23.0 Å². The number of benzene rings is 4. The fourth-order valence-electron chi connectivity index (χ4n) is 7.06. The molecule has 0 aliphatic rings. The minimum absolute atomic E-state index is 0.160. The van der Waals surface area contributed by atoms with Crippen LogP contribution in [0.25, 0.3) is 0 Å². The number of unbranched alkanes of at least 4 members (excludes halogenated alkanes) is 20. The Labute approximate surface area is 458 Å². The molecule has 4 aromatic carbocycles. The fraction of sp³-hybridized carbons (Fsp3) is 0.586. The molecule has 0 fully saturated rings. The van der Waals surface area contributed by atoms with Crippen LogP contribution in [-0.2, 0) is 20.2 Å². The average Bonchev–Trinajstić information content (AvgIpc) is 3.37. The summed E-state index contributed by atoms with van der Waals surface area (Å²) in [5.41, 5.74) is 0. The summed E-state index contributed by atoms with van der Waals surface area (Å²) in [5.74, 6) is 4.00. The van der Waals surface area contributed by atoms with Gasteiger partial charge in [0.1, 0.15) is 47.8 Å². The standard InChI is InChI=1S/2C28H42IO2.C2H6O6S2/c2*1-3-5-7-9-11-13-23-30-27-19-15-25(16-20-27)29-26-17-21-28(22-18-26)31-24-14-12-10-8-6-4-2;1-2(9(3,4)5)10(6,7)8/h2*15-22H,3-14,23-24H2,1-2H3;2H,1H3,(H,3,4,5)(H,6,7,8)/q2*+1;/p-2. The molecule has 0 unspecified atom stereocenters. The Morgan fingerprint density at radius 3 is 0.681 bits per heavy atom. The molecular weight excluding hydrogens is 1170 g/mol. The van der Waals surface area contributed by atoms with Crippen molar-refractivity contribution in [3.05, 3.63) is 111 Å². The number of ether oxygens (including phenoxy) is 4. The number of hydrogen-bond acceptors (Lipinski definition) is 10. The van der Waals surface area contributed by atoms with Crippen LogP contribution in [0, 0.1) is 14.3 Å². The van der Waals surface area contributed by atoms with E-state index in [1.54, 1.807) is 0 Å². The molecule has 0 amide bonds. The van der Waals surface area contributed by atoms with Crippen LogP contribution in [0.5, 0.6) is 23.0 Å². The maximum Gasteiger partial charge on any atom is 0.357 e. The Morgan fingerprint density at radius 2 is 0.514 bits per heavy atom. The topological polar surface area (TPSA) is 151 Å². The first kappa shape index (κ1) is 65.5. The van der Waals surface area contributed by atoms with E-state index in [4.69, 9.17) is 18.9 Å². The SMILES string of the molecule is CC(S(=O)(=O)[O-])S(=O)(=O)[O-].CCCCCCCCOc1ccc([I+]c2ccc(OCCCCCCCC)cc2)cc1.CCCCCCCCOc1ccc([I+]c2ccc(OCCCCCCCC)cc2)cc1. The van der Waals surface area contributed by atoms with Crippen LogP contribution in [0.3, 0.4) is 0 Å². The van der Waals surface area contributed by atoms with Gasteiger partial charge in [-0.1, -0.05) is 156 Å². The highest BCUT2D eigenvalue weighted by Crippen LogP contribution is 2.15. The van der Waals surface area contributed by atoms with Crippen molar-refractivity contribution in [3.63, 3.8) is 0 Å². The van der Waals surface area contributed by atoms with Crippen molar-refractivity contribution in [2.75, 3.05) is 26.4 Å². The summed E-state index contributed by atoms with van der Waals surface area (Å²) >= 11 is -0.320. The Morgan fingerprint density at radius 1 is 0.333 bits per heavy atom. The Bertz CT molecular complexity index is 1850. The predicted molar refractivity (Wildman–Crippen MR) is 285 cm³/mol. The zero-order valence-electron chi connectivity index (χ0n) is 44.3. The molecule has 0 aliphatic heterocycles. The molecule has 14 heteroatoms. The largest absolute Gasteiger partial charge is 0.747 e. The van der Waals surface area contributed by atoms with Gasteiger partial charge in [-0.2, -0.15) is 0 Å². The van der Waals surface area contributed by atoms with E-state index >= 15 is 0 Å². The third kappa shape index (κ3) is 34.0. The molecule has 0 bridgehead atoms. The van der Waals surface area contributed by atoms with Crippen LogP contribution in [0.4, 0.5) is 0 Å². The monoisotopic (exact) mass is 1260 g/mol. The molecule has 0 N–H and O–H groups in total. The summed E-state index contributed by atoms with van der Waals surface area (Å²) in [4.78, 5) is 0. The molecule has 72 heavy (non-hydrogen) atoms. The van der Waals surface area contributed by atoms with Crippen LogP contribution in [0.1, 0.15) is 189 Å². The molecule has 0 saturated heterocycles. The molecule has 406 valence electrons. The fourth-order valence-corrected chi connectivity index (χ4v) is 12.5. The lowest BCUT2D eigenvalue weighted by molar-refractivity contribution is -0.597. The Balaban J connectivity index is 0.000000415. The minimum Gasteiger partial charge on any atom is -0.747 e. The minimum atomic E-state index is -5.01. The van der Waals surface area contributed by atoms with Gasteiger partial charge in [-0.25, -0.2) is 16.8 Å². The maximum absolute atomic E-state index is 9.84. The molecule has 0 radical (unpaired) electrons. The van der Waals surface area contributed by atoms with Gasteiger partial charge >= 0.3 is 42.4 Å². The molecule has 10 nitrogen and oxygen atoms in total. The smallest absolute Gasteiger partial charge is 0.357 e. The Kier molecular flexibility index (Phi) is 37.8. The second-order valence-corrected chi connectivity index (χ2v) is 27.8. The lowest BCUT2D eigenvalue weighted by Crippen LogP contribution is -3.61. The first-order valence-corrected chi connectivity index (χ1v) is 34.1. The molecule has 0 atom stereocenters. The van der Waals surface area contributed by atoms with Crippen molar-refractivity contribution in [1.29, 1.82) is 0 Å². The molecule has 0 spiro atoms. The second-order valence-electron chi connectivity index (χ2n) is 18.0. The molecule has 0 aromatic heterocycles. The molecule has 0 heterocycles. The van der Waals surface area contributed by atoms with Crippen LogP contribution in [0.2, 0.25) is 0 Å². The maximum atomic E-state index is 9.84. The van der Waals surface area contributed by atoms with Crippen LogP contribution in [0.15, 0.2) is 97.1 Å². The van der Waals surface area contributed by atoms with Gasteiger partial charge in [0.15, 0.2) is 14.3 Å². The number of halogens is 2. The third-order valence-electron chi connectivity index (χ3n) is 11.6. The van der Waals surface area contributed by atoms with Gasteiger partial charge in [0.2, 0.25) is 0 Å². The first-order chi connectivity index (χ1) is 34.8. The van der Waals surface area contributed by atoms with Gasteiger partial charge in [-0.3, -0.25) is 0 Å². The number of hydrogen-bond donors (Lipinski definition) is 0. The zero-order valence-corrected chi connectivity index (χ0v) is 50.2. The summed E-state index contributed by atoms with van der Waals surface area (Å²) in [7, 11) is -10.0. The van der Waals surface area contributed by atoms with E-state index in [9.17, 15) is 25.9 Å². The van der Waals surface area contributed by atoms with Gasteiger partial charge in [0, 0.05) is 0 Å². The summed E-state index contributed by atoms with van der Waals surface area (Å²) in [5, 5.41) is 0. The molecule has 4 aromatic rings. The molecular formula is C58H88I2O10S2. The van der Waals surface area contributed by atoms with Crippen molar-refractivity contribution in [2.24, 2.45) is 0 Å². The highest BCUT2D eigenvalue weighted by molar-refractivity contribution is 8.03. The molecule has 4 rings (SSSR count). The van der Waals surface area contributed by atoms with Gasteiger partial charge in [0.05, 0.1) is 26.4 Å². The summed E-state index contributed by atoms with van der Waals surface area (Å²) < 4.78 is 86.0.